The van der Waals surface area contributed by atoms with Crippen molar-refractivity contribution in [3.63, 3.8) is 0 Å². The molecule has 1 unspecified atom stereocenters. The zero-order chi connectivity index (χ0) is 16.6. The van der Waals surface area contributed by atoms with E-state index in [-0.39, 0.29) is 5.91 Å². The second-order valence-corrected chi connectivity index (χ2v) is 6.71. The summed E-state index contributed by atoms with van der Waals surface area (Å²) in [5.74, 6) is 0.102. The van der Waals surface area contributed by atoms with E-state index in [0.29, 0.717) is 32.6 Å². The Bertz CT molecular complexity index is 732. The van der Waals surface area contributed by atoms with Crippen LogP contribution in [0.15, 0.2) is 36.7 Å². The van der Waals surface area contributed by atoms with E-state index in [2.05, 4.69) is 16.4 Å². The standard InChI is InChI=1S/C17H21N5O2/c23-16(22-8-5-14-3-1-2-4-15(14)22)11-20-9-6-17(24,12-20)13-21-10-7-18-19-21/h1-4,7,10,24H,5-6,8-9,11-13H2. The molecule has 0 radical (unpaired) electrons. The fourth-order valence-corrected chi connectivity index (χ4v) is 3.70. The van der Waals surface area contributed by atoms with Crippen molar-refractivity contribution in [1.29, 1.82) is 0 Å². The minimum absolute atomic E-state index is 0.102. The molecule has 7 nitrogen and oxygen atoms in total. The number of β-amino-alcohol motifs (C(OH)–C–C–N with tert-alkyl or cyclic N) is 1. The Labute approximate surface area is 140 Å². The van der Waals surface area contributed by atoms with Crippen LogP contribution in [0, 0.1) is 0 Å². The fourth-order valence-electron chi connectivity index (χ4n) is 3.70. The summed E-state index contributed by atoms with van der Waals surface area (Å²) < 4.78 is 1.64. The van der Waals surface area contributed by atoms with Gasteiger partial charge in [0.2, 0.25) is 5.91 Å². The van der Waals surface area contributed by atoms with Gasteiger partial charge in [-0.15, -0.1) is 5.10 Å². The predicted molar refractivity (Wildman–Crippen MR) is 88.5 cm³/mol. The second kappa shape index (κ2) is 5.99. The average molecular weight is 327 g/mol. The Morgan fingerprint density at radius 2 is 2.17 bits per heavy atom. The number of aliphatic hydroxyl groups is 1. The Morgan fingerprint density at radius 1 is 1.29 bits per heavy atom. The Kier molecular flexibility index (Phi) is 3.82. The van der Waals surface area contributed by atoms with Crippen LogP contribution in [0.25, 0.3) is 0 Å². The molecule has 2 aliphatic rings. The van der Waals surface area contributed by atoms with E-state index >= 15 is 0 Å². The maximum atomic E-state index is 12.7. The van der Waals surface area contributed by atoms with Crippen LogP contribution in [-0.4, -0.2) is 62.7 Å². The number of aromatic nitrogens is 3. The third kappa shape index (κ3) is 2.92. The van der Waals surface area contributed by atoms with Crippen molar-refractivity contribution >= 4 is 11.6 Å². The van der Waals surface area contributed by atoms with Crippen LogP contribution in [0.1, 0.15) is 12.0 Å². The first kappa shape index (κ1) is 15.3. The van der Waals surface area contributed by atoms with Crippen molar-refractivity contribution in [3.8, 4) is 0 Å². The van der Waals surface area contributed by atoms with Gasteiger partial charge >= 0.3 is 0 Å². The Morgan fingerprint density at radius 3 is 3.00 bits per heavy atom. The monoisotopic (exact) mass is 327 g/mol. The number of likely N-dealkylation sites (tertiary alicyclic amines) is 1. The molecule has 24 heavy (non-hydrogen) atoms. The summed E-state index contributed by atoms with van der Waals surface area (Å²) >= 11 is 0. The quantitative estimate of drug-likeness (QED) is 0.874. The summed E-state index contributed by atoms with van der Waals surface area (Å²) in [4.78, 5) is 16.6. The summed E-state index contributed by atoms with van der Waals surface area (Å²) in [6.07, 6.45) is 4.90. The van der Waals surface area contributed by atoms with Gasteiger partial charge in [0.15, 0.2) is 0 Å². The number of amides is 1. The van der Waals surface area contributed by atoms with Gasteiger partial charge in [-0.2, -0.15) is 0 Å². The lowest BCUT2D eigenvalue weighted by Gasteiger charge is -2.24. The molecule has 1 fully saturated rings. The molecule has 0 saturated carbocycles. The molecule has 1 saturated heterocycles. The smallest absolute Gasteiger partial charge is 0.241 e. The molecule has 1 N–H and O–H groups in total. The zero-order valence-electron chi connectivity index (χ0n) is 13.5. The van der Waals surface area contributed by atoms with Gasteiger partial charge in [0.05, 0.1) is 24.9 Å². The lowest BCUT2D eigenvalue weighted by Crippen LogP contribution is -2.42. The molecule has 126 valence electrons. The first-order valence-electron chi connectivity index (χ1n) is 8.30. The van der Waals surface area contributed by atoms with Crippen LogP contribution in [-0.2, 0) is 17.8 Å². The lowest BCUT2D eigenvalue weighted by atomic mass is 10.0. The number of para-hydroxylation sites is 1. The van der Waals surface area contributed by atoms with Crippen molar-refractivity contribution in [1.82, 2.24) is 19.9 Å². The molecule has 1 amide bonds. The fraction of sp³-hybridized carbons (Fsp3) is 0.471. The van der Waals surface area contributed by atoms with Crippen LogP contribution in [0.5, 0.6) is 0 Å². The van der Waals surface area contributed by atoms with Gasteiger partial charge in [0.1, 0.15) is 0 Å². The largest absolute Gasteiger partial charge is 0.387 e. The summed E-state index contributed by atoms with van der Waals surface area (Å²) in [5.41, 5.74) is 1.41. The molecule has 1 aromatic carbocycles. The molecule has 7 heteroatoms. The van der Waals surface area contributed by atoms with E-state index in [4.69, 9.17) is 0 Å². The second-order valence-electron chi connectivity index (χ2n) is 6.71. The Balaban J connectivity index is 1.38. The van der Waals surface area contributed by atoms with Crippen LogP contribution in [0.4, 0.5) is 5.69 Å². The van der Waals surface area contributed by atoms with Crippen molar-refractivity contribution in [2.45, 2.75) is 25.0 Å². The van der Waals surface area contributed by atoms with E-state index in [9.17, 15) is 9.90 Å². The molecule has 2 aromatic rings. The minimum atomic E-state index is -0.850. The minimum Gasteiger partial charge on any atom is -0.387 e. The third-order valence-corrected chi connectivity index (χ3v) is 4.89. The Hall–Kier alpha value is -2.25. The molecule has 0 aliphatic carbocycles. The van der Waals surface area contributed by atoms with Gasteiger partial charge in [-0.3, -0.25) is 9.69 Å². The van der Waals surface area contributed by atoms with E-state index in [1.807, 2.05) is 28.0 Å². The highest BCUT2D eigenvalue weighted by Crippen LogP contribution is 2.28. The molecule has 4 rings (SSSR count). The van der Waals surface area contributed by atoms with E-state index in [0.717, 1.165) is 18.7 Å². The third-order valence-electron chi connectivity index (χ3n) is 4.89. The first-order chi connectivity index (χ1) is 11.6. The number of fused-ring (bicyclic) bond motifs is 1. The number of hydrogen-bond acceptors (Lipinski definition) is 5. The molecular weight excluding hydrogens is 306 g/mol. The average Bonchev–Trinajstić information content (AvgIpc) is 3.28. The predicted octanol–water partition coefficient (Wildman–Crippen LogP) is 0.304. The van der Waals surface area contributed by atoms with Crippen molar-refractivity contribution in [2.24, 2.45) is 0 Å². The number of rotatable bonds is 4. The summed E-state index contributed by atoms with van der Waals surface area (Å²) in [5, 5.41) is 18.4. The lowest BCUT2D eigenvalue weighted by molar-refractivity contribution is -0.119. The molecular formula is C17H21N5O2. The highest BCUT2D eigenvalue weighted by atomic mass is 16.3. The number of anilines is 1. The van der Waals surface area contributed by atoms with Gasteiger partial charge < -0.3 is 10.0 Å². The topological polar surface area (TPSA) is 74.5 Å². The first-order valence-corrected chi connectivity index (χ1v) is 8.30. The van der Waals surface area contributed by atoms with Gasteiger partial charge in [-0.05, 0) is 24.5 Å². The molecule has 3 heterocycles. The van der Waals surface area contributed by atoms with Crippen LogP contribution >= 0.6 is 0 Å². The van der Waals surface area contributed by atoms with Crippen molar-refractivity contribution in [3.05, 3.63) is 42.2 Å². The van der Waals surface area contributed by atoms with Crippen molar-refractivity contribution < 1.29 is 9.90 Å². The van der Waals surface area contributed by atoms with Crippen LogP contribution in [0.3, 0.4) is 0 Å². The maximum absolute atomic E-state index is 12.7. The molecule has 0 bridgehead atoms. The molecule has 1 atom stereocenters. The van der Waals surface area contributed by atoms with Gasteiger partial charge in [0, 0.05) is 31.5 Å². The van der Waals surface area contributed by atoms with Gasteiger partial charge in [-0.25, -0.2) is 4.68 Å². The number of carbonyl (C=O) groups excluding carboxylic acids is 1. The van der Waals surface area contributed by atoms with Crippen LogP contribution < -0.4 is 4.90 Å². The van der Waals surface area contributed by atoms with E-state index in [1.165, 1.54) is 5.56 Å². The molecule has 2 aliphatic heterocycles. The number of hydrogen-bond donors (Lipinski definition) is 1. The number of benzene rings is 1. The van der Waals surface area contributed by atoms with Gasteiger partial charge in [0.25, 0.3) is 0 Å². The molecule has 1 aromatic heterocycles. The normalized spacial score (nSPS) is 23.6. The number of nitrogens with zero attached hydrogens (tertiary/aromatic N) is 5. The van der Waals surface area contributed by atoms with Gasteiger partial charge in [-0.1, -0.05) is 23.4 Å². The molecule has 0 spiro atoms. The van der Waals surface area contributed by atoms with Crippen molar-refractivity contribution in [2.75, 3.05) is 31.1 Å². The highest BCUT2D eigenvalue weighted by molar-refractivity contribution is 5.96. The zero-order valence-corrected chi connectivity index (χ0v) is 13.5. The highest BCUT2D eigenvalue weighted by Gasteiger charge is 2.38. The van der Waals surface area contributed by atoms with Crippen LogP contribution in [0.2, 0.25) is 0 Å². The SMILES string of the molecule is O=C(CN1CCC(O)(Cn2ccnn2)C1)N1CCc2ccccc21. The summed E-state index contributed by atoms with van der Waals surface area (Å²) in [7, 11) is 0. The maximum Gasteiger partial charge on any atom is 0.241 e. The van der Waals surface area contributed by atoms with E-state index < -0.39 is 5.60 Å². The number of carbonyl (C=O) groups is 1. The van der Waals surface area contributed by atoms with E-state index in [1.54, 1.807) is 17.1 Å². The summed E-state index contributed by atoms with van der Waals surface area (Å²) in [6, 6.07) is 8.06. The summed E-state index contributed by atoms with van der Waals surface area (Å²) in [6.45, 7) is 2.69.